The summed E-state index contributed by atoms with van der Waals surface area (Å²) in [6.45, 7) is 7.51. The van der Waals surface area contributed by atoms with Gasteiger partial charge < -0.3 is 4.74 Å². The normalized spacial score (nSPS) is 11.4. The Kier molecular flexibility index (Phi) is 26.3. The molecule has 0 atom stereocenters. The second kappa shape index (κ2) is 26.7. The van der Waals surface area contributed by atoms with Crippen LogP contribution >= 0.6 is 0 Å². The number of carbonyl (C=O) groups excluding carboxylic acids is 1. The molecule has 0 aliphatic carbocycles. The van der Waals surface area contributed by atoms with Crippen molar-refractivity contribution in [3.8, 4) is 0 Å². The van der Waals surface area contributed by atoms with Crippen LogP contribution in [0.1, 0.15) is 175 Å². The fourth-order valence-corrected chi connectivity index (χ4v) is 4.44. The molecule has 0 aliphatic heterocycles. The molecule has 0 rings (SSSR count). The van der Waals surface area contributed by atoms with E-state index < -0.39 is 0 Å². The predicted molar refractivity (Wildman–Crippen MR) is 142 cm³/mol. The summed E-state index contributed by atoms with van der Waals surface area (Å²) in [4.78, 5) is 11.8. The van der Waals surface area contributed by atoms with Crippen molar-refractivity contribution in [2.75, 3.05) is 6.61 Å². The first-order valence-corrected chi connectivity index (χ1v) is 14.8. The van der Waals surface area contributed by atoms with Crippen LogP contribution < -0.4 is 0 Å². The molecule has 0 saturated carbocycles. The molecular formula is C30H60O2. The van der Waals surface area contributed by atoms with Crippen molar-refractivity contribution in [1.29, 1.82) is 0 Å². The van der Waals surface area contributed by atoms with Crippen LogP contribution in [0.25, 0.3) is 0 Å². The second-order valence-electron chi connectivity index (χ2n) is 10.6. The Balaban J connectivity index is 3.14. The smallest absolute Gasteiger partial charge is 0.305 e. The standard InChI is InChI=1S/C30H60O2/c1-4-5-6-7-8-9-10-11-12-13-14-15-16-19-22-25-28-32-30(31)27-24-21-18-17-20-23-26-29(2)3/h29H,4-28H2,1-3H3. The molecule has 0 saturated heterocycles. The number of ether oxygens (including phenoxy) is 1. The summed E-state index contributed by atoms with van der Waals surface area (Å²) >= 11 is 0. The molecule has 0 bridgehead atoms. The maximum atomic E-state index is 11.8. The molecule has 0 amide bonds. The van der Waals surface area contributed by atoms with E-state index in [1.54, 1.807) is 0 Å². The molecule has 0 aromatic carbocycles. The van der Waals surface area contributed by atoms with Crippen LogP contribution in [0.4, 0.5) is 0 Å². The Labute approximate surface area is 203 Å². The molecule has 0 fully saturated rings. The van der Waals surface area contributed by atoms with Crippen LogP contribution in [0, 0.1) is 5.92 Å². The summed E-state index contributed by atoms with van der Waals surface area (Å²) in [7, 11) is 0. The SMILES string of the molecule is CCCCCCCCCCCCCCCCCCOC(=O)CCCCCCCCC(C)C. The minimum atomic E-state index is 0.0192. The molecule has 0 unspecified atom stereocenters. The minimum absolute atomic E-state index is 0.0192. The van der Waals surface area contributed by atoms with Gasteiger partial charge in [0.25, 0.3) is 0 Å². The lowest BCUT2D eigenvalue weighted by atomic mass is 10.0. The van der Waals surface area contributed by atoms with Gasteiger partial charge >= 0.3 is 5.97 Å². The average Bonchev–Trinajstić information content (AvgIpc) is 2.77. The molecule has 0 aromatic rings. The van der Waals surface area contributed by atoms with E-state index >= 15 is 0 Å². The summed E-state index contributed by atoms with van der Waals surface area (Å²) in [5.74, 6) is 0.852. The third-order valence-electron chi connectivity index (χ3n) is 6.67. The summed E-state index contributed by atoms with van der Waals surface area (Å²) < 4.78 is 5.39. The minimum Gasteiger partial charge on any atom is -0.466 e. The van der Waals surface area contributed by atoms with Crippen molar-refractivity contribution in [3.05, 3.63) is 0 Å². The summed E-state index contributed by atoms with van der Waals surface area (Å²) in [5.41, 5.74) is 0. The van der Waals surface area contributed by atoms with Gasteiger partial charge in [0.2, 0.25) is 0 Å². The van der Waals surface area contributed by atoms with Crippen molar-refractivity contribution in [2.24, 2.45) is 5.92 Å². The van der Waals surface area contributed by atoms with Crippen LogP contribution in [0.5, 0.6) is 0 Å². The lowest BCUT2D eigenvalue weighted by molar-refractivity contribution is -0.143. The highest BCUT2D eigenvalue weighted by molar-refractivity contribution is 5.69. The molecule has 0 aliphatic rings. The first-order chi connectivity index (χ1) is 15.7. The van der Waals surface area contributed by atoms with E-state index in [1.807, 2.05) is 0 Å². The van der Waals surface area contributed by atoms with Crippen molar-refractivity contribution < 1.29 is 9.53 Å². The zero-order valence-corrected chi connectivity index (χ0v) is 22.6. The maximum Gasteiger partial charge on any atom is 0.305 e. The van der Waals surface area contributed by atoms with Gasteiger partial charge in [-0.1, -0.05) is 156 Å². The fourth-order valence-electron chi connectivity index (χ4n) is 4.44. The van der Waals surface area contributed by atoms with Gasteiger partial charge in [-0.15, -0.1) is 0 Å². The molecule has 0 N–H and O–H groups in total. The van der Waals surface area contributed by atoms with E-state index in [-0.39, 0.29) is 5.97 Å². The lowest BCUT2D eigenvalue weighted by Crippen LogP contribution is -2.05. The van der Waals surface area contributed by atoms with Crippen LogP contribution in [0.15, 0.2) is 0 Å². The van der Waals surface area contributed by atoms with Gasteiger partial charge in [-0.3, -0.25) is 4.79 Å². The molecular weight excluding hydrogens is 392 g/mol. The van der Waals surface area contributed by atoms with E-state index in [4.69, 9.17) is 4.74 Å². The van der Waals surface area contributed by atoms with Crippen LogP contribution in [-0.4, -0.2) is 12.6 Å². The maximum absolute atomic E-state index is 11.8. The van der Waals surface area contributed by atoms with Crippen molar-refractivity contribution in [3.63, 3.8) is 0 Å². The summed E-state index contributed by atoms with van der Waals surface area (Å²) in [6, 6.07) is 0. The van der Waals surface area contributed by atoms with Crippen LogP contribution in [0.2, 0.25) is 0 Å². The lowest BCUT2D eigenvalue weighted by Gasteiger charge is -2.06. The number of carbonyl (C=O) groups is 1. The molecule has 2 heteroatoms. The van der Waals surface area contributed by atoms with Gasteiger partial charge in [0.15, 0.2) is 0 Å². The first kappa shape index (κ1) is 31.5. The van der Waals surface area contributed by atoms with E-state index in [2.05, 4.69) is 20.8 Å². The molecule has 0 heterocycles. The topological polar surface area (TPSA) is 26.3 Å². The van der Waals surface area contributed by atoms with Gasteiger partial charge in [0.1, 0.15) is 0 Å². The second-order valence-corrected chi connectivity index (χ2v) is 10.6. The Morgan fingerprint density at radius 3 is 1.34 bits per heavy atom. The average molecular weight is 453 g/mol. The van der Waals surface area contributed by atoms with Gasteiger partial charge in [0.05, 0.1) is 6.61 Å². The Bertz CT molecular complexity index is 364. The highest BCUT2D eigenvalue weighted by Crippen LogP contribution is 2.14. The van der Waals surface area contributed by atoms with E-state index in [1.165, 1.54) is 135 Å². The number of unbranched alkanes of at least 4 members (excludes halogenated alkanes) is 20. The number of hydrogen-bond acceptors (Lipinski definition) is 2. The van der Waals surface area contributed by atoms with Gasteiger partial charge in [-0.2, -0.15) is 0 Å². The Morgan fingerprint density at radius 1 is 0.531 bits per heavy atom. The number of esters is 1. The zero-order chi connectivity index (χ0) is 23.5. The largest absolute Gasteiger partial charge is 0.466 e. The molecule has 192 valence electrons. The highest BCUT2D eigenvalue weighted by atomic mass is 16.5. The van der Waals surface area contributed by atoms with Crippen molar-refractivity contribution in [1.82, 2.24) is 0 Å². The predicted octanol–water partition coefficient (Wildman–Crippen LogP) is 10.6. The molecule has 0 radical (unpaired) electrons. The summed E-state index contributed by atoms with van der Waals surface area (Å²) in [5, 5.41) is 0. The van der Waals surface area contributed by atoms with Crippen molar-refractivity contribution in [2.45, 2.75) is 175 Å². The van der Waals surface area contributed by atoms with E-state index in [0.29, 0.717) is 13.0 Å². The third kappa shape index (κ3) is 27.5. The Morgan fingerprint density at radius 2 is 0.906 bits per heavy atom. The molecule has 0 aromatic heterocycles. The molecule has 32 heavy (non-hydrogen) atoms. The quantitative estimate of drug-likeness (QED) is 0.0963. The van der Waals surface area contributed by atoms with Gasteiger partial charge in [0, 0.05) is 6.42 Å². The molecule has 0 spiro atoms. The number of hydrogen-bond donors (Lipinski definition) is 0. The zero-order valence-electron chi connectivity index (χ0n) is 22.6. The number of rotatable bonds is 26. The fraction of sp³-hybridized carbons (Fsp3) is 0.967. The summed E-state index contributed by atoms with van der Waals surface area (Å²) in [6.07, 6.45) is 31.4. The van der Waals surface area contributed by atoms with Crippen LogP contribution in [0.3, 0.4) is 0 Å². The highest BCUT2D eigenvalue weighted by Gasteiger charge is 2.03. The monoisotopic (exact) mass is 452 g/mol. The van der Waals surface area contributed by atoms with Crippen LogP contribution in [-0.2, 0) is 9.53 Å². The van der Waals surface area contributed by atoms with Gasteiger partial charge in [-0.05, 0) is 18.8 Å². The van der Waals surface area contributed by atoms with Crippen molar-refractivity contribution >= 4 is 5.97 Å². The van der Waals surface area contributed by atoms with Gasteiger partial charge in [-0.25, -0.2) is 0 Å². The van der Waals surface area contributed by atoms with E-state index in [0.717, 1.165) is 18.8 Å². The first-order valence-electron chi connectivity index (χ1n) is 14.8. The Hall–Kier alpha value is -0.530. The van der Waals surface area contributed by atoms with E-state index in [9.17, 15) is 4.79 Å². The third-order valence-corrected chi connectivity index (χ3v) is 6.67. The molecule has 2 nitrogen and oxygen atoms in total.